The van der Waals surface area contributed by atoms with Gasteiger partial charge in [-0.25, -0.2) is 4.79 Å². The summed E-state index contributed by atoms with van der Waals surface area (Å²) < 4.78 is 5.31. The van der Waals surface area contributed by atoms with Crippen LogP contribution in [0, 0.1) is 11.3 Å². The van der Waals surface area contributed by atoms with Crippen LogP contribution in [0.25, 0.3) is 0 Å². The summed E-state index contributed by atoms with van der Waals surface area (Å²) in [5, 5.41) is 13.6. The summed E-state index contributed by atoms with van der Waals surface area (Å²) in [5.74, 6) is -1.21. The summed E-state index contributed by atoms with van der Waals surface area (Å²) in [5.41, 5.74) is 6.56. The van der Waals surface area contributed by atoms with Gasteiger partial charge in [-0.2, -0.15) is 5.26 Å². The van der Waals surface area contributed by atoms with Crippen LogP contribution in [-0.2, 0) is 19.7 Å². The van der Waals surface area contributed by atoms with Crippen molar-refractivity contribution < 1.29 is 14.3 Å². The number of halogens is 2. The molecule has 2 aromatic carbocycles. The predicted molar refractivity (Wildman–Crippen MR) is 111 cm³/mol. The average molecular weight is 439 g/mol. The molecule has 0 unspecified atom stereocenters. The van der Waals surface area contributed by atoms with Crippen LogP contribution in [0.1, 0.15) is 5.56 Å². The lowest BCUT2D eigenvalue weighted by Gasteiger charge is -2.38. The van der Waals surface area contributed by atoms with E-state index in [0.717, 1.165) is 0 Å². The highest BCUT2D eigenvalue weighted by molar-refractivity contribution is 6.35. The van der Waals surface area contributed by atoms with E-state index < -0.39 is 17.3 Å². The second-order valence-corrected chi connectivity index (χ2v) is 7.86. The van der Waals surface area contributed by atoms with Crippen LogP contribution in [0.4, 0.5) is 11.4 Å². The number of esters is 1. The van der Waals surface area contributed by atoms with Crippen molar-refractivity contribution in [3.63, 3.8) is 0 Å². The number of carbonyl (C=O) groups excluding carboxylic acids is 2. The van der Waals surface area contributed by atoms with Crippen LogP contribution in [0.3, 0.4) is 0 Å². The maximum absolute atomic E-state index is 13.3. The quantitative estimate of drug-likeness (QED) is 0.661. The van der Waals surface area contributed by atoms with Crippen molar-refractivity contribution in [2.24, 2.45) is 5.73 Å². The first-order valence-electron chi connectivity index (χ1n) is 8.88. The zero-order valence-electron chi connectivity index (χ0n) is 15.2. The summed E-state index contributed by atoms with van der Waals surface area (Å²) in [6.45, 7) is -0.116. The fourth-order valence-electron chi connectivity index (χ4n) is 4.37. The molecule has 0 radical (unpaired) electrons. The number of anilines is 2. The van der Waals surface area contributed by atoms with E-state index in [1.807, 2.05) is 0 Å². The highest BCUT2D eigenvalue weighted by Crippen LogP contribution is 2.54. The maximum atomic E-state index is 13.3. The second kappa shape index (κ2) is 6.26. The Morgan fingerprint density at radius 3 is 2.57 bits per heavy atom. The number of para-hydroxylation sites is 1. The van der Waals surface area contributed by atoms with E-state index in [1.54, 1.807) is 42.5 Å². The van der Waals surface area contributed by atoms with Gasteiger partial charge < -0.3 is 15.8 Å². The second-order valence-electron chi connectivity index (χ2n) is 6.98. The van der Waals surface area contributed by atoms with Gasteiger partial charge in [-0.15, -0.1) is 0 Å². The van der Waals surface area contributed by atoms with E-state index in [0.29, 0.717) is 32.7 Å². The minimum atomic E-state index is -1.68. The largest absolute Gasteiger partial charge is 0.456 e. The number of nitrogens with zero attached hydrogens (tertiary/aromatic N) is 2. The third-order valence-corrected chi connectivity index (χ3v) is 5.92. The summed E-state index contributed by atoms with van der Waals surface area (Å²) in [6.07, 6.45) is 0. The van der Waals surface area contributed by atoms with Gasteiger partial charge >= 0.3 is 5.97 Å². The fourth-order valence-corrected chi connectivity index (χ4v) is 4.89. The maximum Gasteiger partial charge on any atom is 0.338 e. The number of cyclic esters (lactones) is 1. The van der Waals surface area contributed by atoms with Gasteiger partial charge in [0.15, 0.2) is 0 Å². The Balaban J connectivity index is 1.87. The van der Waals surface area contributed by atoms with Gasteiger partial charge in [0.1, 0.15) is 23.9 Å². The van der Waals surface area contributed by atoms with Crippen LogP contribution < -0.4 is 16.0 Å². The Labute approximate surface area is 180 Å². The third kappa shape index (κ3) is 2.20. The lowest BCUT2D eigenvalue weighted by Crippen LogP contribution is -2.48. The lowest BCUT2D eigenvalue weighted by molar-refractivity contribution is -0.137. The summed E-state index contributed by atoms with van der Waals surface area (Å²) in [4.78, 5) is 27.7. The highest BCUT2D eigenvalue weighted by atomic mass is 35.5. The number of rotatable bonds is 1. The van der Waals surface area contributed by atoms with Crippen molar-refractivity contribution >= 4 is 46.5 Å². The molecule has 0 aliphatic carbocycles. The molecule has 0 bridgehead atoms. The van der Waals surface area contributed by atoms with E-state index in [9.17, 15) is 14.9 Å². The molecule has 2 aromatic rings. The van der Waals surface area contributed by atoms with Crippen molar-refractivity contribution in [2.75, 3.05) is 16.8 Å². The molecule has 30 heavy (non-hydrogen) atoms. The summed E-state index contributed by atoms with van der Waals surface area (Å²) in [6, 6.07) is 13.7. The molecular weight excluding hydrogens is 427 g/mol. The fraction of sp³-hybridized carbons (Fsp3) is 0.0952. The number of hydrogen-bond donors (Lipinski definition) is 2. The van der Waals surface area contributed by atoms with Gasteiger partial charge in [-0.1, -0.05) is 41.4 Å². The van der Waals surface area contributed by atoms with E-state index in [1.165, 1.54) is 4.90 Å². The zero-order valence-corrected chi connectivity index (χ0v) is 16.7. The Morgan fingerprint density at radius 1 is 1.17 bits per heavy atom. The standard InChI is InChI=1S/C21H12Cl2N4O3/c22-10-5-11(23)7-12(6-10)27-16-9-30-19(28)17(16)21(14(8-24)18(27)25)13-3-1-2-4-15(13)26-20(21)29/h1-7H,9,25H2,(H,26,29)/t21-/m0/s1. The smallest absolute Gasteiger partial charge is 0.338 e. The number of nitriles is 1. The molecule has 1 amide bonds. The molecule has 1 atom stereocenters. The van der Waals surface area contributed by atoms with Crippen molar-refractivity contribution in [1.82, 2.24) is 0 Å². The Bertz CT molecular complexity index is 1260. The number of benzene rings is 2. The molecule has 1 spiro atoms. The van der Waals surface area contributed by atoms with Crippen molar-refractivity contribution in [3.8, 4) is 6.07 Å². The van der Waals surface area contributed by atoms with Crippen molar-refractivity contribution in [2.45, 2.75) is 5.41 Å². The molecule has 5 rings (SSSR count). The summed E-state index contributed by atoms with van der Waals surface area (Å²) >= 11 is 12.3. The normalized spacial score (nSPS) is 22.1. The SMILES string of the molecule is N#CC1=C(N)N(c2cc(Cl)cc(Cl)c2)C2=C(C(=O)OC2)[C@@]12C(=O)Nc1ccccc12. The van der Waals surface area contributed by atoms with Crippen LogP contribution in [0.5, 0.6) is 0 Å². The van der Waals surface area contributed by atoms with Gasteiger partial charge in [0.05, 0.1) is 22.5 Å². The van der Waals surface area contributed by atoms with Crippen LogP contribution in [0.15, 0.2) is 65.1 Å². The lowest BCUT2D eigenvalue weighted by atomic mass is 9.67. The Kier molecular flexibility index (Phi) is 3.87. The molecule has 0 aromatic heterocycles. The molecule has 0 saturated heterocycles. The van der Waals surface area contributed by atoms with Crippen molar-refractivity contribution in [1.29, 1.82) is 5.26 Å². The third-order valence-electron chi connectivity index (χ3n) is 5.49. The summed E-state index contributed by atoms with van der Waals surface area (Å²) in [7, 11) is 0. The Hall–Kier alpha value is -3.47. The molecule has 148 valence electrons. The van der Waals surface area contributed by atoms with Crippen molar-refractivity contribution in [3.05, 3.63) is 80.7 Å². The first-order valence-corrected chi connectivity index (χ1v) is 9.63. The van der Waals surface area contributed by atoms with E-state index in [4.69, 9.17) is 33.7 Å². The number of amides is 1. The van der Waals surface area contributed by atoms with Gasteiger partial charge in [0.25, 0.3) is 0 Å². The molecule has 0 saturated carbocycles. The minimum Gasteiger partial charge on any atom is -0.456 e. The molecule has 0 fully saturated rings. The highest BCUT2D eigenvalue weighted by Gasteiger charge is 2.61. The number of ether oxygens (including phenoxy) is 1. The molecule has 3 heterocycles. The topological polar surface area (TPSA) is 108 Å². The molecule has 3 N–H and O–H groups in total. The zero-order chi connectivity index (χ0) is 21.2. The van der Waals surface area contributed by atoms with E-state index in [2.05, 4.69) is 11.4 Å². The first-order chi connectivity index (χ1) is 14.4. The van der Waals surface area contributed by atoms with Gasteiger partial charge in [0, 0.05) is 21.3 Å². The number of hydrogen-bond acceptors (Lipinski definition) is 6. The van der Waals surface area contributed by atoms with Crippen LogP contribution in [-0.4, -0.2) is 18.5 Å². The first kappa shape index (κ1) is 18.6. The number of nitrogens with one attached hydrogen (secondary N) is 1. The molecule has 9 heteroatoms. The number of nitrogens with two attached hydrogens (primary N) is 1. The molecule has 3 aliphatic rings. The monoisotopic (exact) mass is 438 g/mol. The molecule has 7 nitrogen and oxygen atoms in total. The minimum absolute atomic E-state index is 0.000244. The van der Waals surface area contributed by atoms with Crippen LogP contribution in [0.2, 0.25) is 10.0 Å². The van der Waals surface area contributed by atoms with Gasteiger partial charge in [0.2, 0.25) is 5.91 Å². The Morgan fingerprint density at radius 2 is 1.87 bits per heavy atom. The average Bonchev–Trinajstić information content (AvgIpc) is 3.20. The molecule has 3 aliphatic heterocycles. The van der Waals surface area contributed by atoms with E-state index >= 15 is 0 Å². The van der Waals surface area contributed by atoms with Gasteiger partial charge in [-0.3, -0.25) is 9.69 Å². The predicted octanol–water partition coefficient (Wildman–Crippen LogP) is 3.21. The van der Waals surface area contributed by atoms with E-state index in [-0.39, 0.29) is 23.6 Å². The number of carbonyl (C=O) groups is 2. The van der Waals surface area contributed by atoms with Crippen LogP contribution >= 0.6 is 23.2 Å². The molecular formula is C21H12Cl2N4O3. The van der Waals surface area contributed by atoms with Gasteiger partial charge in [-0.05, 0) is 24.3 Å². The number of fused-ring (bicyclic) bond motifs is 3.